The Morgan fingerprint density at radius 1 is 1.08 bits per heavy atom. The van der Waals surface area contributed by atoms with Crippen LogP contribution in [0.2, 0.25) is 0 Å². The summed E-state index contributed by atoms with van der Waals surface area (Å²) in [5.41, 5.74) is 1.55. The van der Waals surface area contributed by atoms with Gasteiger partial charge in [0.2, 0.25) is 5.88 Å². The van der Waals surface area contributed by atoms with Crippen molar-refractivity contribution in [2.45, 2.75) is 13.5 Å². The van der Waals surface area contributed by atoms with E-state index in [0.717, 1.165) is 0 Å². The SMILES string of the molecule is Cc1ccc(F)cc1C(=O)NCc1cccnc1Oc1cccc(F)c1. The number of aryl methyl sites for hydroxylation is 1. The second-order valence-corrected chi connectivity index (χ2v) is 5.67. The second kappa shape index (κ2) is 7.74. The Kier molecular flexibility index (Phi) is 5.22. The lowest BCUT2D eigenvalue weighted by Crippen LogP contribution is -2.24. The molecule has 132 valence electrons. The van der Waals surface area contributed by atoms with Gasteiger partial charge < -0.3 is 10.1 Å². The van der Waals surface area contributed by atoms with E-state index in [1.54, 1.807) is 31.2 Å². The first-order chi connectivity index (χ1) is 12.5. The van der Waals surface area contributed by atoms with Gasteiger partial charge in [-0.1, -0.05) is 18.2 Å². The molecule has 3 aromatic rings. The van der Waals surface area contributed by atoms with Gasteiger partial charge in [0.1, 0.15) is 17.4 Å². The first kappa shape index (κ1) is 17.5. The van der Waals surface area contributed by atoms with Gasteiger partial charge in [-0.3, -0.25) is 4.79 Å². The predicted octanol–water partition coefficient (Wildman–Crippen LogP) is 4.39. The number of nitrogens with one attached hydrogen (secondary N) is 1. The minimum atomic E-state index is -0.475. The van der Waals surface area contributed by atoms with Crippen LogP contribution in [0.3, 0.4) is 0 Å². The third kappa shape index (κ3) is 4.22. The molecule has 0 radical (unpaired) electrons. The van der Waals surface area contributed by atoms with Crippen LogP contribution in [0.5, 0.6) is 11.6 Å². The maximum atomic E-state index is 13.4. The molecule has 0 spiro atoms. The summed E-state index contributed by atoms with van der Waals surface area (Å²) < 4.78 is 32.3. The molecule has 1 amide bonds. The number of pyridine rings is 1. The fraction of sp³-hybridized carbons (Fsp3) is 0.100. The van der Waals surface area contributed by atoms with Gasteiger partial charge in [0.25, 0.3) is 5.91 Å². The number of carbonyl (C=O) groups is 1. The van der Waals surface area contributed by atoms with E-state index in [2.05, 4.69) is 10.3 Å². The molecule has 0 saturated heterocycles. The van der Waals surface area contributed by atoms with Gasteiger partial charge in [-0.2, -0.15) is 0 Å². The molecule has 0 unspecified atom stereocenters. The van der Waals surface area contributed by atoms with Gasteiger partial charge in [0.05, 0.1) is 0 Å². The van der Waals surface area contributed by atoms with Crippen molar-refractivity contribution in [3.63, 3.8) is 0 Å². The van der Waals surface area contributed by atoms with E-state index in [-0.39, 0.29) is 18.0 Å². The molecule has 1 aromatic heterocycles. The molecular weight excluding hydrogens is 338 g/mol. The highest BCUT2D eigenvalue weighted by Gasteiger charge is 2.12. The summed E-state index contributed by atoms with van der Waals surface area (Å²) in [6.07, 6.45) is 1.54. The van der Waals surface area contributed by atoms with E-state index >= 15 is 0 Å². The lowest BCUT2D eigenvalue weighted by Gasteiger charge is -2.12. The van der Waals surface area contributed by atoms with Crippen molar-refractivity contribution >= 4 is 5.91 Å². The first-order valence-electron chi connectivity index (χ1n) is 7.94. The van der Waals surface area contributed by atoms with Crippen LogP contribution in [-0.4, -0.2) is 10.9 Å². The number of hydrogen-bond acceptors (Lipinski definition) is 3. The maximum Gasteiger partial charge on any atom is 0.251 e. The van der Waals surface area contributed by atoms with Crippen molar-refractivity contribution < 1.29 is 18.3 Å². The minimum absolute atomic E-state index is 0.132. The van der Waals surface area contributed by atoms with Crippen LogP contribution in [0, 0.1) is 18.6 Å². The van der Waals surface area contributed by atoms with Gasteiger partial charge in [-0.15, -0.1) is 0 Å². The Hall–Kier alpha value is -3.28. The number of hydrogen-bond donors (Lipinski definition) is 1. The molecule has 4 nitrogen and oxygen atoms in total. The van der Waals surface area contributed by atoms with E-state index in [1.165, 1.54) is 36.5 Å². The molecule has 1 N–H and O–H groups in total. The van der Waals surface area contributed by atoms with E-state index in [0.29, 0.717) is 16.9 Å². The highest BCUT2D eigenvalue weighted by atomic mass is 19.1. The molecular formula is C20H16F2N2O2. The number of halogens is 2. The molecule has 0 bridgehead atoms. The van der Waals surface area contributed by atoms with Crippen molar-refractivity contribution in [3.05, 3.63) is 89.1 Å². The molecule has 0 saturated carbocycles. The Morgan fingerprint density at radius 2 is 1.88 bits per heavy atom. The summed E-state index contributed by atoms with van der Waals surface area (Å²) in [5.74, 6) is -0.735. The van der Waals surface area contributed by atoms with Gasteiger partial charge in [0, 0.05) is 29.9 Å². The third-order valence-corrected chi connectivity index (χ3v) is 3.74. The number of carbonyl (C=O) groups excluding carboxylic acids is 1. The van der Waals surface area contributed by atoms with Crippen LogP contribution < -0.4 is 10.1 Å². The average molecular weight is 354 g/mol. The molecule has 6 heteroatoms. The van der Waals surface area contributed by atoms with Crippen molar-refractivity contribution in [1.29, 1.82) is 0 Å². The summed E-state index contributed by atoms with van der Waals surface area (Å²) in [6, 6.07) is 13.2. The van der Waals surface area contributed by atoms with Crippen LogP contribution in [-0.2, 0) is 6.54 Å². The smallest absolute Gasteiger partial charge is 0.251 e. The summed E-state index contributed by atoms with van der Waals surface area (Å²) in [6.45, 7) is 1.87. The van der Waals surface area contributed by atoms with E-state index < -0.39 is 17.5 Å². The van der Waals surface area contributed by atoms with Gasteiger partial charge in [-0.25, -0.2) is 13.8 Å². The number of aromatic nitrogens is 1. The Morgan fingerprint density at radius 3 is 2.69 bits per heavy atom. The molecule has 3 rings (SSSR count). The quantitative estimate of drug-likeness (QED) is 0.739. The molecule has 26 heavy (non-hydrogen) atoms. The van der Waals surface area contributed by atoms with E-state index in [1.807, 2.05) is 0 Å². The summed E-state index contributed by atoms with van der Waals surface area (Å²) in [5, 5.41) is 2.72. The highest BCUT2D eigenvalue weighted by Crippen LogP contribution is 2.23. The van der Waals surface area contributed by atoms with Crippen molar-refractivity contribution in [3.8, 4) is 11.6 Å². The fourth-order valence-electron chi connectivity index (χ4n) is 2.40. The number of rotatable bonds is 5. The molecule has 1 heterocycles. The third-order valence-electron chi connectivity index (χ3n) is 3.74. The second-order valence-electron chi connectivity index (χ2n) is 5.67. The van der Waals surface area contributed by atoms with Crippen LogP contribution in [0.15, 0.2) is 60.8 Å². The summed E-state index contributed by atoms with van der Waals surface area (Å²) >= 11 is 0. The number of amides is 1. The molecule has 2 aromatic carbocycles. The van der Waals surface area contributed by atoms with Crippen molar-refractivity contribution in [1.82, 2.24) is 10.3 Å². The molecule has 0 aliphatic heterocycles. The minimum Gasteiger partial charge on any atom is -0.439 e. The standard InChI is InChI=1S/C20H16F2N2O2/c1-13-7-8-16(22)11-18(13)19(25)24-12-14-4-3-9-23-20(14)26-17-6-2-5-15(21)10-17/h2-11H,12H2,1H3,(H,24,25). The monoisotopic (exact) mass is 354 g/mol. The normalized spacial score (nSPS) is 10.4. The molecule has 0 aliphatic carbocycles. The highest BCUT2D eigenvalue weighted by molar-refractivity contribution is 5.95. The fourth-order valence-corrected chi connectivity index (χ4v) is 2.40. The van der Waals surface area contributed by atoms with Gasteiger partial charge in [0.15, 0.2) is 0 Å². The van der Waals surface area contributed by atoms with E-state index in [4.69, 9.17) is 4.74 Å². The van der Waals surface area contributed by atoms with Crippen LogP contribution in [0.1, 0.15) is 21.5 Å². The lowest BCUT2D eigenvalue weighted by atomic mass is 10.1. The van der Waals surface area contributed by atoms with Crippen LogP contribution in [0.25, 0.3) is 0 Å². The predicted molar refractivity (Wildman–Crippen MR) is 93.0 cm³/mol. The maximum absolute atomic E-state index is 13.4. The topological polar surface area (TPSA) is 51.2 Å². The Bertz CT molecular complexity index is 945. The number of benzene rings is 2. The van der Waals surface area contributed by atoms with Crippen molar-refractivity contribution in [2.75, 3.05) is 0 Å². The van der Waals surface area contributed by atoms with Gasteiger partial charge >= 0.3 is 0 Å². The Labute approximate surface area is 149 Å². The average Bonchev–Trinajstić information content (AvgIpc) is 2.63. The lowest BCUT2D eigenvalue weighted by molar-refractivity contribution is 0.0949. The zero-order valence-electron chi connectivity index (χ0n) is 14.0. The Balaban J connectivity index is 1.74. The molecule has 0 fully saturated rings. The zero-order chi connectivity index (χ0) is 18.5. The van der Waals surface area contributed by atoms with Crippen molar-refractivity contribution in [2.24, 2.45) is 0 Å². The van der Waals surface area contributed by atoms with Crippen LogP contribution in [0.4, 0.5) is 8.78 Å². The largest absolute Gasteiger partial charge is 0.439 e. The van der Waals surface area contributed by atoms with Gasteiger partial charge in [-0.05, 0) is 42.8 Å². The summed E-state index contributed by atoms with van der Waals surface area (Å²) in [7, 11) is 0. The zero-order valence-corrected chi connectivity index (χ0v) is 14.0. The number of ether oxygens (including phenoxy) is 1. The first-order valence-corrected chi connectivity index (χ1v) is 7.94. The molecule has 0 atom stereocenters. The van der Waals surface area contributed by atoms with E-state index in [9.17, 15) is 13.6 Å². The summed E-state index contributed by atoms with van der Waals surface area (Å²) in [4.78, 5) is 16.4. The molecule has 0 aliphatic rings. The number of nitrogens with zero attached hydrogens (tertiary/aromatic N) is 1. The van der Waals surface area contributed by atoms with Crippen LogP contribution >= 0.6 is 0 Å².